The van der Waals surface area contributed by atoms with Gasteiger partial charge in [0.05, 0.1) is 20.8 Å². The number of carboxylic acid groups (broad SMARTS) is 2. The maximum absolute atomic E-state index is 11.3. The predicted molar refractivity (Wildman–Crippen MR) is 142 cm³/mol. The predicted octanol–water partition coefficient (Wildman–Crippen LogP) is 5.22. The molecule has 0 heterocycles. The standard InChI is InChI=1S/C25H34N2O6S2/c1-19(16-27(24(28)29)25(30)31)26(12-14-34-17-20-4-8-22(32-2)9-5-20)13-15-35-18-21-6-10-23(33-3)11-7-21/h4-11,19H,12-18H2,1-3H3,(H,28,29)(H,30,31). The Kier molecular flexibility index (Phi) is 12.6. The summed E-state index contributed by atoms with van der Waals surface area (Å²) in [5.74, 6) is 5.06. The zero-order valence-corrected chi connectivity index (χ0v) is 22.0. The van der Waals surface area contributed by atoms with Crippen molar-refractivity contribution in [3.05, 3.63) is 59.7 Å². The third-order valence-electron chi connectivity index (χ3n) is 5.43. The summed E-state index contributed by atoms with van der Waals surface area (Å²) < 4.78 is 10.4. The van der Waals surface area contributed by atoms with Crippen LogP contribution >= 0.6 is 23.5 Å². The van der Waals surface area contributed by atoms with Crippen molar-refractivity contribution < 1.29 is 29.3 Å². The Morgan fingerprint density at radius 2 is 1.20 bits per heavy atom. The maximum Gasteiger partial charge on any atom is 0.416 e. The van der Waals surface area contributed by atoms with Gasteiger partial charge in [-0.2, -0.15) is 23.5 Å². The van der Waals surface area contributed by atoms with Gasteiger partial charge in [-0.3, -0.25) is 4.90 Å². The Bertz CT molecular complexity index is 842. The smallest absolute Gasteiger partial charge is 0.416 e. The summed E-state index contributed by atoms with van der Waals surface area (Å²) in [5.41, 5.74) is 2.40. The van der Waals surface area contributed by atoms with Crippen molar-refractivity contribution in [1.29, 1.82) is 0 Å². The summed E-state index contributed by atoms with van der Waals surface area (Å²) in [6.45, 7) is 3.26. The lowest BCUT2D eigenvalue weighted by Crippen LogP contribution is -2.47. The van der Waals surface area contributed by atoms with E-state index in [-0.39, 0.29) is 12.6 Å². The lowest BCUT2D eigenvalue weighted by Gasteiger charge is -2.31. The van der Waals surface area contributed by atoms with E-state index < -0.39 is 12.2 Å². The quantitative estimate of drug-likeness (QED) is 0.305. The minimum Gasteiger partial charge on any atom is -0.497 e. The van der Waals surface area contributed by atoms with E-state index in [1.165, 1.54) is 11.1 Å². The first-order chi connectivity index (χ1) is 16.8. The van der Waals surface area contributed by atoms with Crippen molar-refractivity contribution in [2.75, 3.05) is 45.4 Å². The van der Waals surface area contributed by atoms with Crippen LogP contribution in [0, 0.1) is 0 Å². The van der Waals surface area contributed by atoms with Gasteiger partial charge in [0.25, 0.3) is 0 Å². The second kappa shape index (κ2) is 15.4. The molecule has 2 aromatic rings. The Labute approximate surface area is 215 Å². The third-order valence-corrected chi connectivity index (χ3v) is 7.45. The van der Waals surface area contributed by atoms with Gasteiger partial charge in [-0.1, -0.05) is 24.3 Å². The van der Waals surface area contributed by atoms with Crippen LogP contribution in [0.4, 0.5) is 9.59 Å². The molecule has 0 bridgehead atoms. The number of benzene rings is 2. The van der Waals surface area contributed by atoms with Crippen molar-refractivity contribution in [2.24, 2.45) is 0 Å². The molecule has 192 valence electrons. The van der Waals surface area contributed by atoms with E-state index in [4.69, 9.17) is 9.47 Å². The van der Waals surface area contributed by atoms with Crippen molar-refractivity contribution >= 4 is 35.7 Å². The number of carbonyl (C=O) groups is 2. The first kappa shape index (κ1) is 28.7. The van der Waals surface area contributed by atoms with Crippen LogP contribution in [0.2, 0.25) is 0 Å². The molecule has 0 radical (unpaired) electrons. The molecule has 0 saturated carbocycles. The molecule has 0 aliphatic heterocycles. The minimum absolute atomic E-state index is 0.0863. The normalized spacial score (nSPS) is 11.8. The van der Waals surface area contributed by atoms with Crippen LogP contribution in [0.1, 0.15) is 18.1 Å². The number of imide groups is 1. The van der Waals surface area contributed by atoms with E-state index >= 15 is 0 Å². The second-order valence-electron chi connectivity index (χ2n) is 7.86. The van der Waals surface area contributed by atoms with E-state index in [0.717, 1.165) is 47.6 Å². The Morgan fingerprint density at radius 3 is 1.54 bits per heavy atom. The summed E-state index contributed by atoms with van der Waals surface area (Å²) in [4.78, 5) is 25.3. The van der Waals surface area contributed by atoms with Crippen LogP contribution in [0.25, 0.3) is 0 Å². The Hall–Kier alpha value is -2.56. The van der Waals surface area contributed by atoms with Crippen molar-refractivity contribution in [1.82, 2.24) is 9.80 Å². The molecule has 0 saturated heterocycles. The van der Waals surface area contributed by atoms with Crippen LogP contribution in [0.15, 0.2) is 48.5 Å². The van der Waals surface area contributed by atoms with E-state index in [0.29, 0.717) is 4.90 Å². The molecule has 2 amide bonds. The van der Waals surface area contributed by atoms with Gasteiger partial charge in [-0.25, -0.2) is 14.5 Å². The number of ether oxygens (including phenoxy) is 2. The molecule has 0 aliphatic carbocycles. The monoisotopic (exact) mass is 522 g/mol. The fourth-order valence-electron chi connectivity index (χ4n) is 3.36. The van der Waals surface area contributed by atoms with Gasteiger partial charge in [0, 0.05) is 42.1 Å². The average Bonchev–Trinajstić information content (AvgIpc) is 2.86. The molecule has 35 heavy (non-hydrogen) atoms. The average molecular weight is 523 g/mol. The maximum atomic E-state index is 11.3. The van der Waals surface area contributed by atoms with Gasteiger partial charge in [-0.05, 0) is 42.3 Å². The molecule has 1 unspecified atom stereocenters. The van der Waals surface area contributed by atoms with Crippen molar-refractivity contribution in [3.63, 3.8) is 0 Å². The van der Waals surface area contributed by atoms with Crippen LogP contribution in [0.5, 0.6) is 11.5 Å². The molecule has 0 aromatic heterocycles. The topological polar surface area (TPSA) is 99.5 Å². The first-order valence-corrected chi connectivity index (χ1v) is 13.5. The molecule has 2 rings (SSSR count). The molecule has 0 fully saturated rings. The molecule has 0 spiro atoms. The van der Waals surface area contributed by atoms with Crippen LogP contribution < -0.4 is 9.47 Å². The largest absolute Gasteiger partial charge is 0.497 e. The molecule has 2 N–H and O–H groups in total. The van der Waals surface area contributed by atoms with Crippen molar-refractivity contribution in [2.45, 2.75) is 24.5 Å². The Balaban J connectivity index is 1.88. The van der Waals surface area contributed by atoms with E-state index in [1.807, 2.05) is 55.5 Å². The van der Waals surface area contributed by atoms with Gasteiger partial charge < -0.3 is 19.7 Å². The molecule has 0 aliphatic rings. The summed E-state index contributed by atoms with van der Waals surface area (Å²) in [6, 6.07) is 15.7. The molecule has 10 heteroatoms. The summed E-state index contributed by atoms with van der Waals surface area (Å²) in [6.07, 6.45) is -2.90. The second-order valence-corrected chi connectivity index (χ2v) is 10.1. The summed E-state index contributed by atoms with van der Waals surface area (Å²) in [5, 5.41) is 18.5. The van der Waals surface area contributed by atoms with E-state index in [9.17, 15) is 19.8 Å². The third kappa shape index (κ3) is 10.3. The number of hydrogen-bond acceptors (Lipinski definition) is 7. The highest BCUT2D eigenvalue weighted by Crippen LogP contribution is 2.19. The van der Waals surface area contributed by atoms with E-state index in [1.54, 1.807) is 37.7 Å². The first-order valence-electron chi connectivity index (χ1n) is 11.2. The SMILES string of the molecule is COc1ccc(CSCCN(CCSCc2ccc(OC)cc2)C(C)CN(C(=O)O)C(=O)O)cc1. The zero-order valence-electron chi connectivity index (χ0n) is 20.4. The highest BCUT2D eigenvalue weighted by atomic mass is 32.2. The van der Waals surface area contributed by atoms with Crippen LogP contribution in [-0.4, -0.2) is 83.6 Å². The minimum atomic E-state index is -1.45. The Morgan fingerprint density at radius 1 is 0.800 bits per heavy atom. The lowest BCUT2D eigenvalue weighted by atomic mass is 10.2. The number of amides is 2. The van der Waals surface area contributed by atoms with Gasteiger partial charge >= 0.3 is 12.2 Å². The number of nitrogens with zero attached hydrogens (tertiary/aromatic N) is 2. The summed E-state index contributed by atoms with van der Waals surface area (Å²) in [7, 11) is 3.29. The molecule has 8 nitrogen and oxygen atoms in total. The molecule has 2 aromatic carbocycles. The van der Waals surface area contributed by atoms with Crippen molar-refractivity contribution in [3.8, 4) is 11.5 Å². The highest BCUT2D eigenvalue weighted by Gasteiger charge is 2.25. The molecule has 1 atom stereocenters. The summed E-state index contributed by atoms with van der Waals surface area (Å²) >= 11 is 3.58. The number of thioether (sulfide) groups is 2. The van der Waals surface area contributed by atoms with Crippen LogP contribution in [-0.2, 0) is 11.5 Å². The van der Waals surface area contributed by atoms with Gasteiger partial charge in [0.1, 0.15) is 11.5 Å². The van der Waals surface area contributed by atoms with Gasteiger partial charge in [0.15, 0.2) is 0 Å². The van der Waals surface area contributed by atoms with Crippen LogP contribution in [0.3, 0.4) is 0 Å². The number of methoxy groups -OCH3 is 2. The molecular formula is C25H34N2O6S2. The van der Waals surface area contributed by atoms with E-state index in [2.05, 4.69) is 4.90 Å². The van der Waals surface area contributed by atoms with Gasteiger partial charge in [0.2, 0.25) is 0 Å². The highest BCUT2D eigenvalue weighted by molar-refractivity contribution is 7.98. The fourth-order valence-corrected chi connectivity index (χ4v) is 5.23. The zero-order chi connectivity index (χ0) is 25.6. The molecular weight excluding hydrogens is 488 g/mol. The number of hydrogen-bond donors (Lipinski definition) is 2. The fraction of sp³-hybridized carbons (Fsp3) is 0.440. The number of rotatable bonds is 15. The van der Waals surface area contributed by atoms with Gasteiger partial charge in [-0.15, -0.1) is 0 Å². The lowest BCUT2D eigenvalue weighted by molar-refractivity contribution is 0.106.